The first-order valence-corrected chi connectivity index (χ1v) is 9.18. The monoisotopic (exact) mass is 406 g/mol. The van der Waals surface area contributed by atoms with Crippen LogP contribution in [0.15, 0.2) is 27.6 Å². The third-order valence-electron chi connectivity index (χ3n) is 3.09. The maximum atomic E-state index is 12.0. The molecule has 7 nitrogen and oxygen atoms in total. The fraction of sp³-hybridized carbons (Fsp3) is 0.429. The molecule has 2 N–H and O–H groups in total. The molecule has 1 atom stereocenters. The van der Waals surface area contributed by atoms with Crippen molar-refractivity contribution in [2.45, 2.75) is 31.2 Å². The number of hydrogen-bond acceptors (Lipinski definition) is 5. The van der Waals surface area contributed by atoms with Crippen molar-refractivity contribution in [3.8, 4) is 0 Å². The average Bonchev–Trinajstić information content (AvgIpc) is 2.52. The number of esters is 1. The highest BCUT2D eigenvalue weighted by Gasteiger charge is 2.19. The SMILES string of the molecule is CC[C@H](C)NC(=O)COC(=O)c1cc(S(=O)(=O)NC)ccc1Br. The molecular formula is C14H19BrN2O5S. The van der Waals surface area contributed by atoms with Crippen LogP contribution in [-0.4, -0.2) is 40.0 Å². The molecule has 0 spiro atoms. The van der Waals surface area contributed by atoms with Gasteiger partial charge in [0.15, 0.2) is 6.61 Å². The van der Waals surface area contributed by atoms with E-state index >= 15 is 0 Å². The normalized spacial score (nSPS) is 12.5. The molecule has 0 heterocycles. The third kappa shape index (κ3) is 5.60. The van der Waals surface area contributed by atoms with Gasteiger partial charge in [-0.1, -0.05) is 6.92 Å². The van der Waals surface area contributed by atoms with Crippen molar-refractivity contribution in [2.24, 2.45) is 0 Å². The Labute approximate surface area is 144 Å². The van der Waals surface area contributed by atoms with Crippen molar-refractivity contribution in [3.05, 3.63) is 28.2 Å². The minimum absolute atomic E-state index is 0.0166. The zero-order valence-electron chi connectivity index (χ0n) is 13.1. The van der Waals surface area contributed by atoms with E-state index in [9.17, 15) is 18.0 Å². The van der Waals surface area contributed by atoms with Gasteiger partial charge in [-0.2, -0.15) is 0 Å². The molecule has 1 amide bonds. The molecular weight excluding hydrogens is 388 g/mol. The molecule has 23 heavy (non-hydrogen) atoms. The molecule has 1 aromatic rings. The van der Waals surface area contributed by atoms with Gasteiger partial charge in [-0.25, -0.2) is 17.9 Å². The summed E-state index contributed by atoms with van der Waals surface area (Å²) in [6, 6.07) is 3.95. The first-order chi connectivity index (χ1) is 10.7. The first kappa shape index (κ1) is 19.6. The van der Waals surface area contributed by atoms with E-state index in [0.29, 0.717) is 4.47 Å². The highest BCUT2D eigenvalue weighted by atomic mass is 79.9. The number of ether oxygens (including phenoxy) is 1. The molecule has 1 aromatic carbocycles. The van der Waals surface area contributed by atoms with Crippen LogP contribution in [0.25, 0.3) is 0 Å². The second-order valence-electron chi connectivity index (χ2n) is 4.80. The van der Waals surface area contributed by atoms with Crippen molar-refractivity contribution in [3.63, 3.8) is 0 Å². The summed E-state index contributed by atoms with van der Waals surface area (Å²) in [5, 5.41) is 2.66. The fourth-order valence-corrected chi connectivity index (χ4v) is 2.74. The highest BCUT2D eigenvalue weighted by Crippen LogP contribution is 2.21. The van der Waals surface area contributed by atoms with E-state index < -0.39 is 28.5 Å². The van der Waals surface area contributed by atoms with E-state index in [2.05, 4.69) is 26.0 Å². The average molecular weight is 407 g/mol. The Hall–Kier alpha value is -1.45. The predicted molar refractivity (Wildman–Crippen MR) is 88.6 cm³/mol. The van der Waals surface area contributed by atoms with Crippen molar-refractivity contribution in [2.75, 3.05) is 13.7 Å². The lowest BCUT2D eigenvalue weighted by Crippen LogP contribution is -2.35. The number of carbonyl (C=O) groups is 2. The number of sulfonamides is 1. The topological polar surface area (TPSA) is 102 Å². The van der Waals surface area contributed by atoms with Gasteiger partial charge in [-0.3, -0.25) is 4.79 Å². The Kier molecular flexibility index (Phi) is 7.17. The van der Waals surface area contributed by atoms with Crippen LogP contribution in [0.1, 0.15) is 30.6 Å². The van der Waals surface area contributed by atoms with Crippen molar-refractivity contribution >= 4 is 37.8 Å². The van der Waals surface area contributed by atoms with E-state index in [0.717, 1.165) is 6.42 Å². The van der Waals surface area contributed by atoms with Crippen LogP contribution < -0.4 is 10.0 Å². The van der Waals surface area contributed by atoms with Crippen molar-refractivity contribution in [1.29, 1.82) is 0 Å². The summed E-state index contributed by atoms with van der Waals surface area (Å²) in [4.78, 5) is 23.6. The lowest BCUT2D eigenvalue weighted by atomic mass is 10.2. The van der Waals surface area contributed by atoms with Crippen molar-refractivity contribution in [1.82, 2.24) is 10.0 Å². The minimum atomic E-state index is -3.68. The molecule has 128 valence electrons. The van der Waals surface area contributed by atoms with E-state index in [1.807, 2.05) is 13.8 Å². The summed E-state index contributed by atoms with van der Waals surface area (Å²) >= 11 is 3.16. The van der Waals surface area contributed by atoms with Gasteiger partial charge in [0.25, 0.3) is 5.91 Å². The van der Waals surface area contributed by atoms with Gasteiger partial charge in [-0.15, -0.1) is 0 Å². The van der Waals surface area contributed by atoms with Gasteiger partial charge < -0.3 is 10.1 Å². The molecule has 9 heteroatoms. The second kappa shape index (κ2) is 8.42. The van der Waals surface area contributed by atoms with E-state index in [4.69, 9.17) is 4.74 Å². The molecule has 0 radical (unpaired) electrons. The quantitative estimate of drug-likeness (QED) is 0.666. The molecule has 0 aliphatic rings. The minimum Gasteiger partial charge on any atom is -0.452 e. The van der Waals surface area contributed by atoms with Crippen molar-refractivity contribution < 1.29 is 22.7 Å². The predicted octanol–water partition coefficient (Wildman–Crippen LogP) is 1.43. The summed E-state index contributed by atoms with van der Waals surface area (Å²) in [5.41, 5.74) is 0.0256. The van der Waals surface area contributed by atoms with Gasteiger partial charge >= 0.3 is 5.97 Å². The number of nitrogens with one attached hydrogen (secondary N) is 2. The number of halogens is 1. The maximum absolute atomic E-state index is 12.0. The molecule has 0 aromatic heterocycles. The van der Waals surface area contributed by atoms with E-state index in [1.165, 1.54) is 25.2 Å². The molecule has 0 saturated carbocycles. The molecule has 0 bridgehead atoms. The van der Waals surface area contributed by atoms with Crippen LogP contribution in [-0.2, 0) is 19.6 Å². The highest BCUT2D eigenvalue weighted by molar-refractivity contribution is 9.10. The summed E-state index contributed by atoms with van der Waals surface area (Å²) in [6.45, 7) is 3.32. The van der Waals surface area contributed by atoms with Crippen LogP contribution in [0.2, 0.25) is 0 Å². The van der Waals surface area contributed by atoms with Crippen LogP contribution in [0, 0.1) is 0 Å². The van der Waals surface area contributed by atoms with Gasteiger partial charge in [0.1, 0.15) is 0 Å². The molecule has 0 aliphatic carbocycles. The lowest BCUT2D eigenvalue weighted by Gasteiger charge is -2.12. The zero-order chi connectivity index (χ0) is 17.6. The Morgan fingerprint density at radius 1 is 1.35 bits per heavy atom. The lowest BCUT2D eigenvalue weighted by molar-refractivity contribution is -0.124. The largest absolute Gasteiger partial charge is 0.452 e. The fourth-order valence-electron chi connectivity index (χ4n) is 1.57. The summed E-state index contributed by atoms with van der Waals surface area (Å²) in [6.07, 6.45) is 0.759. The number of benzene rings is 1. The Balaban J connectivity index is 2.84. The second-order valence-corrected chi connectivity index (χ2v) is 7.54. The van der Waals surface area contributed by atoms with E-state index in [1.54, 1.807) is 0 Å². The molecule has 0 unspecified atom stereocenters. The molecule has 0 saturated heterocycles. The number of hydrogen-bond donors (Lipinski definition) is 2. The zero-order valence-corrected chi connectivity index (χ0v) is 15.5. The Bertz CT molecular complexity index is 690. The van der Waals surface area contributed by atoms with Crippen LogP contribution in [0.3, 0.4) is 0 Å². The third-order valence-corrected chi connectivity index (χ3v) is 5.19. The molecule has 1 rings (SSSR count). The number of carbonyl (C=O) groups excluding carboxylic acids is 2. The van der Waals surface area contributed by atoms with Crippen LogP contribution in [0.4, 0.5) is 0 Å². The van der Waals surface area contributed by atoms with Gasteiger partial charge in [0, 0.05) is 10.5 Å². The molecule has 0 aliphatic heterocycles. The van der Waals surface area contributed by atoms with Gasteiger partial charge in [-0.05, 0) is 54.5 Å². The Morgan fingerprint density at radius 2 is 2.00 bits per heavy atom. The summed E-state index contributed by atoms with van der Waals surface area (Å²) in [5.74, 6) is -1.20. The standard InChI is InChI=1S/C14H19BrN2O5S/c1-4-9(2)17-13(18)8-22-14(19)11-7-10(5-6-12(11)15)23(20,21)16-3/h5-7,9,16H,4,8H2,1-3H3,(H,17,18)/t9-/m0/s1. The number of amides is 1. The first-order valence-electron chi connectivity index (χ1n) is 6.90. The smallest absolute Gasteiger partial charge is 0.339 e. The summed E-state index contributed by atoms with van der Waals surface area (Å²) < 4.78 is 31.0. The Morgan fingerprint density at radius 3 is 2.57 bits per heavy atom. The maximum Gasteiger partial charge on any atom is 0.339 e. The van der Waals surface area contributed by atoms with Crippen LogP contribution >= 0.6 is 15.9 Å². The molecule has 0 fully saturated rings. The summed E-state index contributed by atoms with van der Waals surface area (Å²) in [7, 11) is -2.41. The van der Waals surface area contributed by atoms with Gasteiger partial charge in [0.2, 0.25) is 10.0 Å². The number of rotatable bonds is 7. The van der Waals surface area contributed by atoms with E-state index in [-0.39, 0.29) is 16.5 Å². The van der Waals surface area contributed by atoms with Crippen LogP contribution in [0.5, 0.6) is 0 Å². The van der Waals surface area contributed by atoms with Gasteiger partial charge in [0.05, 0.1) is 10.5 Å².